The maximum atomic E-state index is 13.2. The van der Waals surface area contributed by atoms with Gasteiger partial charge in [-0.05, 0) is 30.3 Å². The molecule has 1 atom stereocenters. The lowest BCUT2D eigenvalue weighted by atomic mass is 10.0. The molecule has 4 rings (SSSR count). The summed E-state index contributed by atoms with van der Waals surface area (Å²) in [5, 5.41) is 23.9. The summed E-state index contributed by atoms with van der Waals surface area (Å²) in [6, 6.07) is 18.5. The standard InChI is InChI=1S/C25H21N5O5/c1-35-19-13-7-10-16(22(19)31)14-26-29-25(34)21(27-23(32)15-8-3-2-4-9-15)20-17-11-5-6-12-18(17)24(33)30-28-20/h2-14,21,31H,1H3,(H,27,32)(H,29,34)(H,30,33)/b26-14+/t21-/m0/s1. The van der Waals surface area contributed by atoms with Crippen molar-refractivity contribution >= 4 is 28.8 Å². The van der Waals surface area contributed by atoms with Gasteiger partial charge in [-0.1, -0.05) is 42.5 Å². The lowest BCUT2D eigenvalue weighted by Gasteiger charge is -2.18. The normalized spacial score (nSPS) is 11.8. The van der Waals surface area contributed by atoms with E-state index in [-0.39, 0.29) is 17.2 Å². The zero-order chi connectivity index (χ0) is 24.8. The molecule has 10 nitrogen and oxygen atoms in total. The molecule has 35 heavy (non-hydrogen) atoms. The first-order chi connectivity index (χ1) is 17.0. The number of methoxy groups -OCH3 is 1. The van der Waals surface area contributed by atoms with E-state index in [0.717, 1.165) is 0 Å². The zero-order valence-electron chi connectivity index (χ0n) is 18.6. The topological polar surface area (TPSA) is 146 Å². The van der Waals surface area contributed by atoms with E-state index in [1.807, 2.05) is 0 Å². The molecule has 2 amide bonds. The summed E-state index contributed by atoms with van der Waals surface area (Å²) in [4.78, 5) is 38.3. The molecule has 0 saturated carbocycles. The van der Waals surface area contributed by atoms with Crippen molar-refractivity contribution in [3.05, 3.63) is 100.0 Å². The van der Waals surface area contributed by atoms with Crippen molar-refractivity contribution in [2.75, 3.05) is 7.11 Å². The number of carbonyl (C=O) groups excluding carboxylic acids is 2. The van der Waals surface area contributed by atoms with Gasteiger partial charge in [0.2, 0.25) is 0 Å². The number of H-pyrrole nitrogens is 1. The maximum absolute atomic E-state index is 13.2. The molecule has 0 unspecified atom stereocenters. The summed E-state index contributed by atoms with van der Waals surface area (Å²) in [5.41, 5.74) is 2.72. The Bertz CT molecular complexity index is 1470. The van der Waals surface area contributed by atoms with E-state index in [4.69, 9.17) is 4.74 Å². The molecule has 10 heteroatoms. The van der Waals surface area contributed by atoms with Crippen LogP contribution in [0, 0.1) is 0 Å². The molecule has 4 N–H and O–H groups in total. The predicted molar refractivity (Wildman–Crippen MR) is 129 cm³/mol. The Labute approximate surface area is 199 Å². The summed E-state index contributed by atoms with van der Waals surface area (Å²) >= 11 is 0. The number of rotatable bonds is 7. The molecule has 0 aliphatic heterocycles. The highest BCUT2D eigenvalue weighted by Crippen LogP contribution is 2.28. The summed E-state index contributed by atoms with van der Waals surface area (Å²) in [5.74, 6) is -1.12. The van der Waals surface area contributed by atoms with Crippen LogP contribution in [0.25, 0.3) is 10.8 Å². The molecule has 3 aromatic carbocycles. The van der Waals surface area contributed by atoms with Crippen molar-refractivity contribution in [2.45, 2.75) is 6.04 Å². The maximum Gasteiger partial charge on any atom is 0.272 e. The van der Waals surface area contributed by atoms with E-state index in [1.54, 1.807) is 72.8 Å². The number of hydrazone groups is 1. The number of aromatic hydroxyl groups is 1. The summed E-state index contributed by atoms with van der Waals surface area (Å²) in [6.45, 7) is 0. The van der Waals surface area contributed by atoms with Crippen LogP contribution in [0.1, 0.15) is 27.7 Å². The Kier molecular flexibility index (Phi) is 6.82. The molecule has 0 saturated heterocycles. The van der Waals surface area contributed by atoms with Crippen LogP contribution in [0.2, 0.25) is 0 Å². The second kappa shape index (κ2) is 10.3. The first kappa shape index (κ1) is 23.2. The van der Waals surface area contributed by atoms with E-state index in [1.165, 1.54) is 13.3 Å². The number of nitrogens with one attached hydrogen (secondary N) is 3. The van der Waals surface area contributed by atoms with Crippen LogP contribution in [0.4, 0.5) is 0 Å². The second-order valence-electron chi connectivity index (χ2n) is 7.39. The van der Waals surface area contributed by atoms with Crippen molar-refractivity contribution in [1.82, 2.24) is 20.9 Å². The zero-order valence-corrected chi connectivity index (χ0v) is 18.6. The van der Waals surface area contributed by atoms with Crippen molar-refractivity contribution in [2.24, 2.45) is 5.10 Å². The third-order valence-electron chi connectivity index (χ3n) is 5.20. The van der Waals surface area contributed by atoms with Crippen molar-refractivity contribution < 1.29 is 19.4 Å². The number of benzene rings is 3. The number of ether oxygens (including phenoxy) is 1. The number of fused-ring (bicyclic) bond motifs is 1. The van der Waals surface area contributed by atoms with Gasteiger partial charge in [0.05, 0.1) is 18.7 Å². The summed E-state index contributed by atoms with van der Waals surface area (Å²) in [6.07, 6.45) is 1.24. The van der Waals surface area contributed by atoms with Gasteiger partial charge in [-0.3, -0.25) is 14.4 Å². The fourth-order valence-corrected chi connectivity index (χ4v) is 3.46. The van der Waals surface area contributed by atoms with Gasteiger partial charge in [0, 0.05) is 16.5 Å². The highest BCUT2D eigenvalue weighted by molar-refractivity contribution is 5.99. The Morgan fingerprint density at radius 2 is 1.74 bits per heavy atom. The molecule has 0 aliphatic carbocycles. The molecular weight excluding hydrogens is 450 g/mol. The SMILES string of the molecule is COc1cccc(/C=N/NC(=O)[C@@H](NC(=O)c2ccccc2)c2n[nH]c(=O)c3ccccc23)c1O. The monoisotopic (exact) mass is 471 g/mol. The van der Waals surface area contributed by atoms with Gasteiger partial charge >= 0.3 is 0 Å². The lowest BCUT2D eigenvalue weighted by molar-refractivity contribution is -0.123. The Morgan fingerprint density at radius 3 is 2.49 bits per heavy atom. The number of hydrogen-bond acceptors (Lipinski definition) is 7. The fraction of sp³-hybridized carbons (Fsp3) is 0.0800. The van der Waals surface area contributed by atoms with Gasteiger partial charge in [0.15, 0.2) is 17.5 Å². The average Bonchev–Trinajstić information content (AvgIpc) is 2.89. The molecule has 0 bridgehead atoms. The minimum absolute atomic E-state index is 0.140. The van der Waals surface area contributed by atoms with Crippen molar-refractivity contribution in [1.29, 1.82) is 0 Å². The van der Waals surface area contributed by atoms with E-state index in [9.17, 15) is 19.5 Å². The minimum atomic E-state index is -1.29. The van der Waals surface area contributed by atoms with E-state index >= 15 is 0 Å². The van der Waals surface area contributed by atoms with Crippen LogP contribution in [-0.2, 0) is 4.79 Å². The van der Waals surface area contributed by atoms with Crippen LogP contribution < -0.4 is 21.0 Å². The summed E-state index contributed by atoms with van der Waals surface area (Å²) < 4.78 is 5.06. The number of aromatic nitrogens is 2. The molecule has 0 spiro atoms. The average molecular weight is 471 g/mol. The number of carbonyl (C=O) groups is 2. The smallest absolute Gasteiger partial charge is 0.272 e. The number of hydrogen-bond donors (Lipinski definition) is 4. The van der Waals surface area contributed by atoms with Crippen LogP contribution in [-0.4, -0.2) is 40.4 Å². The largest absolute Gasteiger partial charge is 0.504 e. The molecule has 1 aromatic heterocycles. The van der Waals surface area contributed by atoms with E-state index < -0.39 is 23.4 Å². The lowest BCUT2D eigenvalue weighted by Crippen LogP contribution is -2.40. The molecule has 0 radical (unpaired) electrons. The first-order valence-electron chi connectivity index (χ1n) is 10.5. The molecule has 4 aromatic rings. The van der Waals surface area contributed by atoms with Crippen LogP contribution in [0.15, 0.2) is 82.7 Å². The number of phenolic OH excluding ortho intramolecular Hbond substituents is 1. The number of phenols is 1. The number of amides is 2. The van der Waals surface area contributed by atoms with Gasteiger partial charge in [-0.25, -0.2) is 10.5 Å². The fourth-order valence-electron chi connectivity index (χ4n) is 3.46. The van der Waals surface area contributed by atoms with Crippen LogP contribution in [0.5, 0.6) is 11.5 Å². The van der Waals surface area contributed by atoms with Crippen LogP contribution >= 0.6 is 0 Å². The van der Waals surface area contributed by atoms with Crippen molar-refractivity contribution in [3.63, 3.8) is 0 Å². The number of para-hydroxylation sites is 1. The molecule has 0 aliphatic rings. The third kappa shape index (κ3) is 5.01. The Hall–Kier alpha value is -4.99. The molecule has 0 fully saturated rings. The van der Waals surface area contributed by atoms with Gasteiger partial charge in [-0.15, -0.1) is 0 Å². The van der Waals surface area contributed by atoms with Gasteiger partial charge in [-0.2, -0.15) is 10.2 Å². The van der Waals surface area contributed by atoms with Gasteiger partial charge < -0.3 is 15.2 Å². The Balaban J connectivity index is 1.67. The van der Waals surface area contributed by atoms with Gasteiger partial charge in [0.1, 0.15) is 5.69 Å². The van der Waals surface area contributed by atoms with Gasteiger partial charge in [0.25, 0.3) is 17.4 Å². The molecule has 1 heterocycles. The highest BCUT2D eigenvalue weighted by Gasteiger charge is 2.27. The number of aromatic amines is 1. The second-order valence-corrected chi connectivity index (χ2v) is 7.39. The minimum Gasteiger partial charge on any atom is -0.504 e. The van der Waals surface area contributed by atoms with Crippen LogP contribution in [0.3, 0.4) is 0 Å². The summed E-state index contributed by atoms with van der Waals surface area (Å²) in [7, 11) is 1.42. The predicted octanol–water partition coefficient (Wildman–Crippen LogP) is 2.26. The van der Waals surface area contributed by atoms with Crippen molar-refractivity contribution in [3.8, 4) is 11.5 Å². The molecule has 176 valence electrons. The highest BCUT2D eigenvalue weighted by atomic mass is 16.5. The first-order valence-corrected chi connectivity index (χ1v) is 10.5. The third-order valence-corrected chi connectivity index (χ3v) is 5.20. The Morgan fingerprint density at radius 1 is 1.03 bits per heavy atom. The molecular formula is C25H21N5O5. The van der Waals surface area contributed by atoms with E-state index in [2.05, 4.69) is 26.0 Å². The van der Waals surface area contributed by atoms with E-state index in [0.29, 0.717) is 21.9 Å². The number of nitrogens with zero attached hydrogens (tertiary/aromatic N) is 2. The quantitative estimate of drug-likeness (QED) is 0.240.